The fourth-order valence-corrected chi connectivity index (χ4v) is 4.38. The molecule has 2 aliphatic rings. The summed E-state index contributed by atoms with van der Waals surface area (Å²) in [6.45, 7) is 3.71. The van der Waals surface area contributed by atoms with Gasteiger partial charge in [-0.15, -0.1) is 10.2 Å². The number of hydrogen-bond acceptors (Lipinski definition) is 6. The average Bonchev–Trinajstić information content (AvgIpc) is 2.85. The molecule has 0 bridgehead atoms. The summed E-state index contributed by atoms with van der Waals surface area (Å²) >= 11 is 0. The number of piperidine rings is 2. The molecular weight excluding hydrogens is 496 g/mol. The van der Waals surface area contributed by atoms with Crippen molar-refractivity contribution in [3.63, 3.8) is 0 Å². The molecule has 0 aromatic heterocycles. The molecule has 2 aromatic carbocycles. The van der Waals surface area contributed by atoms with Gasteiger partial charge in [-0.3, -0.25) is 19.1 Å². The molecule has 0 atom stereocenters. The summed E-state index contributed by atoms with van der Waals surface area (Å²) in [6.07, 6.45) is 4.45. The highest BCUT2D eigenvalue weighted by molar-refractivity contribution is 7.79. The molecule has 0 aliphatic carbocycles. The third-order valence-corrected chi connectivity index (χ3v) is 6.00. The van der Waals surface area contributed by atoms with Gasteiger partial charge >= 0.3 is 10.4 Å². The van der Waals surface area contributed by atoms with Crippen molar-refractivity contribution in [3.8, 4) is 0 Å². The van der Waals surface area contributed by atoms with Gasteiger partial charge in [-0.05, 0) is 48.6 Å². The molecule has 4 rings (SSSR count). The van der Waals surface area contributed by atoms with Gasteiger partial charge in [0, 0.05) is 26.2 Å². The number of hydrazone groups is 2. The van der Waals surface area contributed by atoms with E-state index >= 15 is 0 Å². The lowest BCUT2D eigenvalue weighted by Gasteiger charge is -2.30. The second kappa shape index (κ2) is 14.9. The zero-order valence-electron chi connectivity index (χ0n) is 20.8. The van der Waals surface area contributed by atoms with E-state index in [9.17, 15) is 0 Å². The summed E-state index contributed by atoms with van der Waals surface area (Å²) in [4.78, 5) is 0. The van der Waals surface area contributed by atoms with Gasteiger partial charge in [0.05, 0.1) is 0 Å². The smallest absolute Gasteiger partial charge is 0.369 e. The van der Waals surface area contributed by atoms with Gasteiger partial charge in [-0.1, -0.05) is 60.7 Å². The molecule has 2 saturated heterocycles. The first-order valence-corrected chi connectivity index (χ1v) is 13.4. The first-order valence-electron chi connectivity index (χ1n) is 12.0. The standard InChI is InChI=1S/2C12H18N4.H2O4S/c2*13-12(14)15-16-8-6-11(7-9-16)10-4-2-1-3-5-10;1-5(2,3)4/h2*1-5,11H,6-9H2,(H4,13,14,15);(H2,1,2,3,4). The van der Waals surface area contributed by atoms with Crippen LogP contribution in [0.3, 0.4) is 0 Å². The van der Waals surface area contributed by atoms with E-state index in [1.54, 1.807) is 0 Å². The van der Waals surface area contributed by atoms with Crippen LogP contribution in [0.5, 0.6) is 0 Å². The predicted octanol–water partition coefficient (Wildman–Crippen LogP) is 1.46. The number of nitrogens with zero attached hydrogens (tertiary/aromatic N) is 4. The predicted molar refractivity (Wildman–Crippen MR) is 146 cm³/mol. The minimum Gasteiger partial charge on any atom is -0.369 e. The average molecular weight is 535 g/mol. The number of nitrogens with two attached hydrogens (primary N) is 4. The van der Waals surface area contributed by atoms with Crippen molar-refractivity contribution < 1.29 is 17.5 Å². The number of hydrogen-bond donors (Lipinski definition) is 6. The molecule has 0 saturated carbocycles. The SMILES string of the molecule is NC(N)=NN1CCC(c2ccccc2)CC1.NC(N)=NN1CCC(c2ccccc2)CC1.O=S(=O)(O)O. The van der Waals surface area contributed by atoms with Crippen LogP contribution in [0, 0.1) is 0 Å². The number of guanidine groups is 2. The molecule has 0 radical (unpaired) electrons. The number of benzene rings is 2. The Morgan fingerprint density at radius 3 is 1.16 bits per heavy atom. The molecule has 2 aliphatic heterocycles. The van der Waals surface area contributed by atoms with E-state index in [-0.39, 0.29) is 11.9 Å². The van der Waals surface area contributed by atoms with Crippen molar-refractivity contribution in [1.29, 1.82) is 0 Å². The Morgan fingerprint density at radius 1 is 0.649 bits per heavy atom. The molecule has 0 amide bonds. The molecule has 0 spiro atoms. The largest absolute Gasteiger partial charge is 0.394 e. The Balaban J connectivity index is 0.000000221. The molecule has 13 heteroatoms. The maximum absolute atomic E-state index is 8.74. The zero-order valence-corrected chi connectivity index (χ0v) is 21.6. The van der Waals surface area contributed by atoms with Crippen LogP contribution in [0.15, 0.2) is 70.9 Å². The molecule has 204 valence electrons. The summed E-state index contributed by atoms with van der Waals surface area (Å²) in [7, 11) is -4.67. The Bertz CT molecular complexity index is 995. The fourth-order valence-electron chi connectivity index (χ4n) is 4.38. The Morgan fingerprint density at radius 2 is 0.919 bits per heavy atom. The van der Waals surface area contributed by atoms with E-state index in [1.165, 1.54) is 11.1 Å². The second-order valence-electron chi connectivity index (χ2n) is 8.77. The first kappa shape index (κ1) is 29.7. The molecule has 10 N–H and O–H groups in total. The van der Waals surface area contributed by atoms with Crippen LogP contribution >= 0.6 is 0 Å². The molecule has 0 unspecified atom stereocenters. The van der Waals surface area contributed by atoms with E-state index in [0.29, 0.717) is 11.8 Å². The van der Waals surface area contributed by atoms with Crippen LogP contribution in [0.4, 0.5) is 0 Å². The zero-order chi connectivity index (χ0) is 27.3. The van der Waals surface area contributed by atoms with E-state index in [4.69, 9.17) is 40.5 Å². The second-order valence-corrected chi connectivity index (χ2v) is 9.67. The van der Waals surface area contributed by atoms with Crippen LogP contribution < -0.4 is 22.9 Å². The van der Waals surface area contributed by atoms with Crippen LogP contribution in [0.1, 0.15) is 48.6 Å². The molecule has 37 heavy (non-hydrogen) atoms. The van der Waals surface area contributed by atoms with Crippen molar-refractivity contribution in [2.75, 3.05) is 26.2 Å². The lowest BCUT2D eigenvalue weighted by molar-refractivity contribution is 0.221. The van der Waals surface area contributed by atoms with Crippen LogP contribution in [0.2, 0.25) is 0 Å². The summed E-state index contributed by atoms with van der Waals surface area (Å²) in [6, 6.07) is 21.3. The van der Waals surface area contributed by atoms with Crippen LogP contribution in [-0.4, -0.2) is 65.6 Å². The minimum atomic E-state index is -4.67. The summed E-state index contributed by atoms with van der Waals surface area (Å²) in [5.41, 5.74) is 24.3. The van der Waals surface area contributed by atoms with Gasteiger partial charge in [0.2, 0.25) is 11.9 Å². The van der Waals surface area contributed by atoms with Crippen molar-refractivity contribution in [3.05, 3.63) is 71.8 Å². The molecule has 2 aromatic rings. The van der Waals surface area contributed by atoms with E-state index < -0.39 is 10.4 Å². The summed E-state index contributed by atoms with van der Waals surface area (Å²) < 4.78 is 31.6. The lowest BCUT2D eigenvalue weighted by Crippen LogP contribution is -2.34. The van der Waals surface area contributed by atoms with Crippen LogP contribution in [0.25, 0.3) is 0 Å². The third-order valence-electron chi connectivity index (χ3n) is 6.00. The monoisotopic (exact) mass is 534 g/mol. The highest BCUT2D eigenvalue weighted by Crippen LogP contribution is 2.28. The van der Waals surface area contributed by atoms with Gasteiger partial charge in [-0.2, -0.15) is 8.42 Å². The molecule has 2 fully saturated rings. The van der Waals surface area contributed by atoms with E-state index in [0.717, 1.165) is 51.9 Å². The van der Waals surface area contributed by atoms with Gasteiger partial charge in [0.25, 0.3) is 0 Å². The molecule has 12 nitrogen and oxygen atoms in total. The number of rotatable bonds is 4. The maximum atomic E-state index is 8.74. The molecule has 2 heterocycles. The van der Waals surface area contributed by atoms with Gasteiger partial charge < -0.3 is 22.9 Å². The highest BCUT2D eigenvalue weighted by Gasteiger charge is 2.20. The van der Waals surface area contributed by atoms with Crippen molar-refractivity contribution >= 4 is 22.3 Å². The van der Waals surface area contributed by atoms with Crippen LogP contribution in [-0.2, 0) is 10.4 Å². The van der Waals surface area contributed by atoms with Crippen molar-refractivity contribution in [2.45, 2.75) is 37.5 Å². The Labute approximate surface area is 218 Å². The molecular formula is C24H38N8O4S. The minimum absolute atomic E-state index is 0.151. The fraction of sp³-hybridized carbons (Fsp3) is 0.417. The Kier molecular flexibility index (Phi) is 11.9. The quantitative estimate of drug-likeness (QED) is 0.189. The maximum Gasteiger partial charge on any atom is 0.394 e. The first-order chi connectivity index (χ1) is 17.5. The lowest BCUT2D eigenvalue weighted by atomic mass is 9.90. The van der Waals surface area contributed by atoms with Gasteiger partial charge in [0.1, 0.15) is 0 Å². The van der Waals surface area contributed by atoms with E-state index in [1.807, 2.05) is 10.0 Å². The van der Waals surface area contributed by atoms with Gasteiger partial charge in [-0.25, -0.2) is 0 Å². The van der Waals surface area contributed by atoms with Gasteiger partial charge in [0.15, 0.2) is 0 Å². The summed E-state index contributed by atoms with van der Waals surface area (Å²) in [5, 5.41) is 12.0. The Hall–Kier alpha value is -3.55. The van der Waals surface area contributed by atoms with E-state index in [2.05, 4.69) is 70.9 Å². The normalized spacial score (nSPS) is 16.4. The van der Waals surface area contributed by atoms with Crippen molar-refractivity contribution in [1.82, 2.24) is 10.0 Å². The topological polar surface area (TPSA) is 210 Å². The third kappa shape index (κ3) is 12.8. The van der Waals surface area contributed by atoms with Crippen molar-refractivity contribution in [2.24, 2.45) is 33.1 Å². The highest BCUT2D eigenvalue weighted by atomic mass is 32.3. The summed E-state index contributed by atoms with van der Waals surface area (Å²) in [5.74, 6) is 1.59.